The molecule has 0 saturated carbocycles. The van der Waals surface area contributed by atoms with Crippen LogP contribution in [0.25, 0.3) is 0 Å². The van der Waals surface area contributed by atoms with E-state index in [1.807, 2.05) is 19.1 Å². The minimum absolute atomic E-state index is 0.0571. The Morgan fingerprint density at radius 1 is 1.44 bits per heavy atom. The van der Waals surface area contributed by atoms with Crippen molar-refractivity contribution in [1.82, 2.24) is 0 Å². The number of benzene rings is 1. The van der Waals surface area contributed by atoms with Crippen LogP contribution in [0, 0.1) is 12.8 Å². The molecule has 2 rings (SSSR count). The molecule has 0 radical (unpaired) electrons. The Kier molecular flexibility index (Phi) is 3.64. The molecule has 100 valence electrons. The van der Waals surface area contributed by atoms with Gasteiger partial charge in [-0.3, -0.25) is 0 Å². The molecule has 0 aromatic heterocycles. The maximum absolute atomic E-state index is 11.6. The van der Waals surface area contributed by atoms with Crippen molar-refractivity contribution in [3.63, 3.8) is 0 Å². The molecule has 0 spiro atoms. The van der Waals surface area contributed by atoms with Crippen molar-refractivity contribution in [1.29, 1.82) is 0 Å². The summed E-state index contributed by atoms with van der Waals surface area (Å²) in [6.45, 7) is 1.88. The van der Waals surface area contributed by atoms with Crippen molar-refractivity contribution in [2.24, 2.45) is 5.92 Å². The van der Waals surface area contributed by atoms with E-state index in [2.05, 4.69) is 0 Å². The van der Waals surface area contributed by atoms with Gasteiger partial charge in [0.05, 0.1) is 17.6 Å². The van der Waals surface area contributed by atoms with Crippen LogP contribution in [0.2, 0.25) is 0 Å². The number of aryl methyl sites for hydroxylation is 1. The van der Waals surface area contributed by atoms with Gasteiger partial charge in [0, 0.05) is 17.2 Å². The summed E-state index contributed by atoms with van der Waals surface area (Å²) in [5.41, 5.74) is 8.07. The van der Waals surface area contributed by atoms with Gasteiger partial charge in [0.2, 0.25) is 0 Å². The summed E-state index contributed by atoms with van der Waals surface area (Å²) in [6, 6.07) is 5.49. The fourth-order valence-corrected chi connectivity index (χ4v) is 4.30. The molecule has 0 aliphatic carbocycles. The zero-order chi connectivity index (χ0) is 13.3. The maximum Gasteiger partial charge on any atom is 0.150 e. The summed E-state index contributed by atoms with van der Waals surface area (Å²) >= 11 is 0. The molecule has 1 aliphatic heterocycles. The number of rotatable bonds is 2. The largest absolute Gasteiger partial charge is 0.398 e. The van der Waals surface area contributed by atoms with E-state index in [1.54, 1.807) is 6.07 Å². The van der Waals surface area contributed by atoms with Gasteiger partial charge in [-0.05, 0) is 25.3 Å². The lowest BCUT2D eigenvalue weighted by atomic mass is 9.91. The van der Waals surface area contributed by atoms with E-state index in [1.165, 1.54) is 0 Å². The van der Waals surface area contributed by atoms with Crippen molar-refractivity contribution >= 4 is 15.5 Å². The topological polar surface area (TPSA) is 80.4 Å². The number of hydrogen-bond donors (Lipinski definition) is 2. The van der Waals surface area contributed by atoms with Crippen molar-refractivity contribution in [2.45, 2.75) is 25.9 Å². The first kappa shape index (κ1) is 13.4. The third-order valence-corrected chi connectivity index (χ3v) is 5.47. The molecule has 1 saturated heterocycles. The first-order valence-corrected chi connectivity index (χ1v) is 7.96. The summed E-state index contributed by atoms with van der Waals surface area (Å²) in [6.07, 6.45) is 0.559. The highest BCUT2D eigenvalue weighted by molar-refractivity contribution is 7.91. The third-order valence-electron chi connectivity index (χ3n) is 3.62. The monoisotopic (exact) mass is 269 g/mol. The number of nitrogen functional groups attached to an aromatic ring is 1. The predicted octanol–water partition coefficient (Wildman–Crippen LogP) is 1.44. The highest BCUT2D eigenvalue weighted by atomic mass is 32.2. The van der Waals surface area contributed by atoms with Gasteiger partial charge in [0.15, 0.2) is 9.84 Å². The minimum Gasteiger partial charge on any atom is -0.398 e. The van der Waals surface area contributed by atoms with Crippen molar-refractivity contribution in [2.75, 3.05) is 17.2 Å². The molecule has 1 aromatic rings. The Hall–Kier alpha value is -1.07. The lowest BCUT2D eigenvalue weighted by Gasteiger charge is -2.27. The first-order chi connectivity index (χ1) is 8.41. The number of nitrogens with two attached hydrogens (primary N) is 1. The van der Waals surface area contributed by atoms with E-state index >= 15 is 0 Å². The van der Waals surface area contributed by atoms with Crippen LogP contribution in [0.3, 0.4) is 0 Å². The summed E-state index contributed by atoms with van der Waals surface area (Å²) in [7, 11) is -3.01. The number of aliphatic hydroxyl groups is 1. The summed E-state index contributed by atoms with van der Waals surface area (Å²) in [5, 5.41) is 10.3. The fraction of sp³-hybridized carbons (Fsp3) is 0.538. The SMILES string of the molecule is Cc1cccc(C(O)C2CCCS(=O)(=O)C2)c1N. The molecular weight excluding hydrogens is 250 g/mol. The molecule has 1 aromatic carbocycles. The Morgan fingerprint density at radius 3 is 2.83 bits per heavy atom. The van der Waals surface area contributed by atoms with Crippen LogP contribution in [-0.4, -0.2) is 25.0 Å². The lowest BCUT2D eigenvalue weighted by molar-refractivity contribution is 0.112. The van der Waals surface area contributed by atoms with Gasteiger partial charge >= 0.3 is 0 Å². The number of sulfone groups is 1. The molecule has 1 heterocycles. The quantitative estimate of drug-likeness (QED) is 0.796. The second kappa shape index (κ2) is 4.90. The molecule has 2 atom stereocenters. The molecule has 1 fully saturated rings. The van der Waals surface area contributed by atoms with Crippen molar-refractivity contribution in [3.8, 4) is 0 Å². The number of para-hydroxylation sites is 1. The van der Waals surface area contributed by atoms with Crippen molar-refractivity contribution < 1.29 is 13.5 Å². The van der Waals surface area contributed by atoms with Crippen LogP contribution >= 0.6 is 0 Å². The van der Waals surface area contributed by atoms with E-state index in [-0.39, 0.29) is 17.4 Å². The smallest absolute Gasteiger partial charge is 0.150 e. The Labute approximate surface area is 108 Å². The van der Waals surface area contributed by atoms with Gasteiger partial charge in [0.1, 0.15) is 0 Å². The fourth-order valence-electron chi connectivity index (χ4n) is 2.52. The summed E-state index contributed by atoms with van der Waals surface area (Å²) in [4.78, 5) is 0. The van der Waals surface area contributed by atoms with Crippen LogP contribution in [0.15, 0.2) is 18.2 Å². The standard InChI is InChI=1S/C13H19NO3S/c1-9-4-2-6-11(12(9)14)13(15)10-5-3-7-18(16,17)8-10/h2,4,6,10,13,15H,3,5,7-8,14H2,1H3. The zero-order valence-electron chi connectivity index (χ0n) is 10.5. The third kappa shape index (κ3) is 2.67. The predicted molar refractivity (Wildman–Crippen MR) is 71.9 cm³/mol. The van der Waals surface area contributed by atoms with E-state index in [4.69, 9.17) is 5.73 Å². The van der Waals surface area contributed by atoms with Crippen LogP contribution in [-0.2, 0) is 9.84 Å². The summed E-state index contributed by atoms with van der Waals surface area (Å²) in [5.74, 6) is 0.0500. The molecule has 18 heavy (non-hydrogen) atoms. The number of anilines is 1. The number of aliphatic hydroxyl groups excluding tert-OH is 1. The Balaban J connectivity index is 2.26. The Morgan fingerprint density at radius 2 is 2.17 bits per heavy atom. The Bertz CT molecular complexity index is 539. The van der Waals surface area contributed by atoms with Gasteiger partial charge in [-0.1, -0.05) is 18.2 Å². The highest BCUT2D eigenvalue weighted by Gasteiger charge is 2.31. The molecule has 5 heteroatoms. The number of hydrogen-bond acceptors (Lipinski definition) is 4. The normalized spacial score (nSPS) is 24.7. The van der Waals surface area contributed by atoms with Crippen LogP contribution in [0.1, 0.15) is 30.1 Å². The van der Waals surface area contributed by atoms with E-state index in [9.17, 15) is 13.5 Å². The molecule has 0 bridgehead atoms. The average molecular weight is 269 g/mol. The molecule has 2 unspecified atom stereocenters. The van der Waals surface area contributed by atoms with E-state index in [0.29, 0.717) is 17.7 Å². The first-order valence-electron chi connectivity index (χ1n) is 6.14. The maximum atomic E-state index is 11.6. The highest BCUT2D eigenvalue weighted by Crippen LogP contribution is 2.34. The van der Waals surface area contributed by atoms with Crippen LogP contribution in [0.5, 0.6) is 0 Å². The van der Waals surface area contributed by atoms with Crippen LogP contribution < -0.4 is 5.73 Å². The van der Waals surface area contributed by atoms with Gasteiger partial charge in [0.25, 0.3) is 0 Å². The van der Waals surface area contributed by atoms with E-state index in [0.717, 1.165) is 12.0 Å². The minimum atomic E-state index is -3.01. The zero-order valence-corrected chi connectivity index (χ0v) is 11.3. The van der Waals surface area contributed by atoms with Gasteiger partial charge in [-0.2, -0.15) is 0 Å². The molecule has 1 aliphatic rings. The summed E-state index contributed by atoms with van der Waals surface area (Å²) < 4.78 is 23.2. The van der Waals surface area contributed by atoms with Gasteiger partial charge < -0.3 is 10.8 Å². The average Bonchev–Trinajstić information content (AvgIpc) is 2.30. The second-order valence-electron chi connectivity index (χ2n) is 5.04. The molecule has 3 N–H and O–H groups in total. The van der Waals surface area contributed by atoms with Crippen LogP contribution in [0.4, 0.5) is 5.69 Å². The van der Waals surface area contributed by atoms with E-state index < -0.39 is 15.9 Å². The lowest BCUT2D eigenvalue weighted by Crippen LogP contribution is -2.29. The van der Waals surface area contributed by atoms with Gasteiger partial charge in [-0.25, -0.2) is 8.42 Å². The van der Waals surface area contributed by atoms with Gasteiger partial charge in [-0.15, -0.1) is 0 Å². The second-order valence-corrected chi connectivity index (χ2v) is 7.27. The molecular formula is C13H19NO3S. The van der Waals surface area contributed by atoms with Crippen molar-refractivity contribution in [3.05, 3.63) is 29.3 Å². The molecule has 0 amide bonds. The molecule has 4 nitrogen and oxygen atoms in total.